The summed E-state index contributed by atoms with van der Waals surface area (Å²) >= 11 is 0. The van der Waals surface area contributed by atoms with Crippen LogP contribution in [0.4, 0.5) is 0 Å². The highest BCUT2D eigenvalue weighted by molar-refractivity contribution is 5.56. The first kappa shape index (κ1) is 23.4. The van der Waals surface area contributed by atoms with Crippen LogP contribution < -0.4 is 14.2 Å². The fraction of sp³-hybridized carbons (Fsp3) is 0.438. The van der Waals surface area contributed by atoms with Gasteiger partial charge in [-0.05, 0) is 109 Å². The van der Waals surface area contributed by atoms with E-state index in [0.29, 0.717) is 17.8 Å². The molecule has 4 heteroatoms. The summed E-state index contributed by atoms with van der Waals surface area (Å²) in [5.74, 6) is 4.10. The smallest absolute Gasteiger partial charge is 0.119 e. The zero-order valence-corrected chi connectivity index (χ0v) is 21.5. The van der Waals surface area contributed by atoms with Crippen LogP contribution in [0.5, 0.6) is 17.2 Å². The molecule has 188 valence electrons. The lowest BCUT2D eigenvalue weighted by molar-refractivity contribution is 0.183. The van der Waals surface area contributed by atoms with Crippen molar-refractivity contribution in [2.45, 2.75) is 49.9 Å². The van der Waals surface area contributed by atoms with Gasteiger partial charge in [0.2, 0.25) is 0 Å². The van der Waals surface area contributed by atoms with Crippen LogP contribution in [0, 0.1) is 0 Å². The number of hydrogen-bond donors (Lipinski definition) is 0. The van der Waals surface area contributed by atoms with Crippen LogP contribution in [0.15, 0.2) is 60.7 Å². The third kappa shape index (κ3) is 4.37. The van der Waals surface area contributed by atoms with Gasteiger partial charge in [-0.15, -0.1) is 0 Å². The highest BCUT2D eigenvalue weighted by atomic mass is 16.5. The Balaban J connectivity index is 1.29. The number of piperidine rings is 1. The lowest BCUT2D eigenvalue weighted by Crippen LogP contribution is -2.33. The van der Waals surface area contributed by atoms with Crippen molar-refractivity contribution in [1.29, 1.82) is 0 Å². The zero-order valence-electron chi connectivity index (χ0n) is 21.5. The lowest BCUT2D eigenvalue weighted by Gasteiger charge is -2.33. The highest BCUT2D eigenvalue weighted by Gasteiger charge is 2.45. The molecule has 3 aliphatic rings. The van der Waals surface area contributed by atoms with Gasteiger partial charge in [-0.1, -0.05) is 30.7 Å². The molecule has 2 aliphatic carbocycles. The number of ether oxygens (including phenoxy) is 3. The maximum Gasteiger partial charge on any atom is 0.119 e. The number of rotatable bonds is 7. The van der Waals surface area contributed by atoms with Crippen LogP contribution in [-0.2, 0) is 6.42 Å². The largest absolute Gasteiger partial charge is 0.497 e. The summed E-state index contributed by atoms with van der Waals surface area (Å²) in [6.45, 7) is 4.19. The summed E-state index contributed by atoms with van der Waals surface area (Å²) in [4.78, 5) is 2.52. The number of nitrogens with zero attached hydrogens (tertiary/aromatic N) is 1. The standard InChI is InChI=1S/C32H37NO3/c1-34-25-11-14-27-23(20-25)8-13-29-28-15-12-26(35-2)21-30(28)31(32(27)29)22-6-9-24(10-7-22)36-19-18-33-16-4-3-5-17-33/h6-7,9-12,14-15,20-21,29,31-32H,3-5,8,13,16-19H2,1-2H3. The topological polar surface area (TPSA) is 30.9 Å². The lowest BCUT2D eigenvalue weighted by atomic mass is 9.71. The van der Waals surface area contributed by atoms with Gasteiger partial charge in [0.1, 0.15) is 23.9 Å². The van der Waals surface area contributed by atoms with Crippen molar-refractivity contribution in [1.82, 2.24) is 4.90 Å². The Morgan fingerprint density at radius 3 is 2.19 bits per heavy atom. The van der Waals surface area contributed by atoms with E-state index in [1.807, 2.05) is 0 Å². The Morgan fingerprint density at radius 2 is 1.44 bits per heavy atom. The van der Waals surface area contributed by atoms with Gasteiger partial charge in [-0.2, -0.15) is 0 Å². The van der Waals surface area contributed by atoms with Gasteiger partial charge < -0.3 is 14.2 Å². The molecule has 0 spiro atoms. The molecule has 0 amide bonds. The Bertz CT molecular complexity index is 1200. The van der Waals surface area contributed by atoms with Gasteiger partial charge >= 0.3 is 0 Å². The second-order valence-electron chi connectivity index (χ2n) is 10.5. The predicted octanol–water partition coefficient (Wildman–Crippen LogP) is 6.53. The normalized spacial score (nSPS) is 22.9. The molecule has 1 fully saturated rings. The molecule has 3 aromatic carbocycles. The molecule has 0 bridgehead atoms. The molecular formula is C32H37NO3. The average molecular weight is 484 g/mol. The summed E-state index contributed by atoms with van der Waals surface area (Å²) in [5, 5.41) is 0. The average Bonchev–Trinajstić information content (AvgIpc) is 3.27. The second-order valence-corrected chi connectivity index (χ2v) is 10.5. The number of hydrogen-bond acceptors (Lipinski definition) is 4. The minimum atomic E-state index is 0.301. The molecule has 1 aliphatic heterocycles. The molecule has 0 radical (unpaired) electrons. The van der Waals surface area contributed by atoms with E-state index in [9.17, 15) is 0 Å². The maximum atomic E-state index is 6.15. The summed E-state index contributed by atoms with van der Waals surface area (Å²) in [6.07, 6.45) is 6.27. The quantitative estimate of drug-likeness (QED) is 0.382. The van der Waals surface area contributed by atoms with E-state index in [0.717, 1.165) is 36.8 Å². The number of fused-ring (bicyclic) bond motifs is 5. The van der Waals surface area contributed by atoms with Crippen molar-refractivity contribution in [3.63, 3.8) is 0 Å². The molecule has 0 aromatic heterocycles. The first-order chi connectivity index (χ1) is 17.7. The van der Waals surface area contributed by atoms with Gasteiger partial charge in [0, 0.05) is 18.4 Å². The fourth-order valence-corrected chi connectivity index (χ4v) is 6.83. The number of likely N-dealkylation sites (tertiary alicyclic amines) is 1. The van der Waals surface area contributed by atoms with Crippen molar-refractivity contribution in [2.24, 2.45) is 0 Å². The minimum Gasteiger partial charge on any atom is -0.497 e. The molecule has 36 heavy (non-hydrogen) atoms. The SMILES string of the molecule is COc1ccc2c(c1)CCC1c3ccc(OC)cc3C(c3ccc(OCCN4CCCCC4)cc3)C21. The van der Waals surface area contributed by atoms with Crippen molar-refractivity contribution < 1.29 is 14.2 Å². The predicted molar refractivity (Wildman–Crippen MR) is 144 cm³/mol. The molecule has 3 unspecified atom stereocenters. The molecule has 0 N–H and O–H groups in total. The molecular weight excluding hydrogens is 446 g/mol. The second kappa shape index (κ2) is 10.2. The molecule has 0 saturated carbocycles. The third-order valence-corrected chi connectivity index (χ3v) is 8.62. The Hall–Kier alpha value is -2.98. The van der Waals surface area contributed by atoms with E-state index >= 15 is 0 Å². The van der Waals surface area contributed by atoms with Crippen LogP contribution in [-0.4, -0.2) is 45.4 Å². The van der Waals surface area contributed by atoms with Gasteiger partial charge in [-0.25, -0.2) is 0 Å². The van der Waals surface area contributed by atoms with Gasteiger partial charge in [-0.3, -0.25) is 4.90 Å². The van der Waals surface area contributed by atoms with Gasteiger partial charge in [0.05, 0.1) is 14.2 Å². The first-order valence-electron chi connectivity index (χ1n) is 13.5. The number of aryl methyl sites for hydroxylation is 1. The monoisotopic (exact) mass is 483 g/mol. The summed E-state index contributed by atoms with van der Waals surface area (Å²) in [6, 6.07) is 22.3. The number of benzene rings is 3. The van der Waals surface area contributed by atoms with Crippen LogP contribution in [0.25, 0.3) is 0 Å². The molecule has 3 atom stereocenters. The van der Waals surface area contributed by atoms with E-state index in [2.05, 4.69) is 65.6 Å². The first-order valence-corrected chi connectivity index (χ1v) is 13.5. The van der Waals surface area contributed by atoms with Crippen molar-refractivity contribution in [3.05, 3.63) is 88.5 Å². The van der Waals surface area contributed by atoms with Crippen LogP contribution in [0.2, 0.25) is 0 Å². The fourth-order valence-electron chi connectivity index (χ4n) is 6.83. The zero-order chi connectivity index (χ0) is 24.5. The molecule has 1 heterocycles. The van der Waals surface area contributed by atoms with E-state index in [1.54, 1.807) is 14.2 Å². The summed E-state index contributed by atoms with van der Waals surface area (Å²) in [7, 11) is 3.51. The van der Waals surface area contributed by atoms with E-state index < -0.39 is 0 Å². The number of methoxy groups -OCH3 is 2. The Morgan fingerprint density at radius 1 is 0.750 bits per heavy atom. The van der Waals surface area contributed by atoms with Gasteiger partial charge in [0.25, 0.3) is 0 Å². The Kier molecular flexibility index (Phi) is 6.62. The molecule has 1 saturated heterocycles. The summed E-state index contributed by atoms with van der Waals surface area (Å²) in [5.41, 5.74) is 7.14. The Labute approximate surface area is 215 Å². The highest BCUT2D eigenvalue weighted by Crippen LogP contribution is 2.59. The molecule has 4 nitrogen and oxygen atoms in total. The maximum absolute atomic E-state index is 6.15. The van der Waals surface area contributed by atoms with Crippen molar-refractivity contribution in [3.8, 4) is 17.2 Å². The van der Waals surface area contributed by atoms with Crippen molar-refractivity contribution in [2.75, 3.05) is 40.5 Å². The molecule has 6 rings (SSSR count). The van der Waals surface area contributed by atoms with E-state index in [4.69, 9.17) is 14.2 Å². The van der Waals surface area contributed by atoms with Gasteiger partial charge in [0.15, 0.2) is 0 Å². The van der Waals surface area contributed by atoms with Crippen LogP contribution >= 0.6 is 0 Å². The van der Waals surface area contributed by atoms with E-state index in [-0.39, 0.29) is 0 Å². The van der Waals surface area contributed by atoms with Crippen molar-refractivity contribution >= 4 is 0 Å². The minimum absolute atomic E-state index is 0.301. The van der Waals surface area contributed by atoms with Crippen LogP contribution in [0.1, 0.15) is 71.3 Å². The molecule has 3 aromatic rings. The third-order valence-electron chi connectivity index (χ3n) is 8.62. The van der Waals surface area contributed by atoms with Crippen LogP contribution in [0.3, 0.4) is 0 Å². The van der Waals surface area contributed by atoms with E-state index in [1.165, 1.54) is 66.6 Å². The summed E-state index contributed by atoms with van der Waals surface area (Å²) < 4.78 is 17.3.